The summed E-state index contributed by atoms with van der Waals surface area (Å²) in [6, 6.07) is 16.5. The molecule has 0 spiro atoms. The standard InChI is InChI=1S/C19H15N3O4S2/c20-9-10-27-16-8-4-2-6-14(16)21-17(23)11-25-18(24)12-28-19-22-13-5-1-3-7-15(13)26-19/h1-8H,10-12H2,(H,21,23). The Bertz CT molecular complexity index is 996. The third kappa shape index (κ3) is 5.52. The number of amides is 1. The van der Waals surface area contributed by atoms with Crippen molar-refractivity contribution in [2.75, 3.05) is 23.4 Å². The van der Waals surface area contributed by atoms with Crippen LogP contribution in [0.1, 0.15) is 0 Å². The van der Waals surface area contributed by atoms with Gasteiger partial charge in [0, 0.05) is 4.90 Å². The molecule has 1 N–H and O–H groups in total. The van der Waals surface area contributed by atoms with Gasteiger partial charge in [0.05, 0.1) is 17.5 Å². The molecule has 9 heteroatoms. The third-order valence-corrected chi connectivity index (χ3v) is 5.15. The number of benzene rings is 2. The Morgan fingerprint density at radius 1 is 1.14 bits per heavy atom. The number of hydrogen-bond donors (Lipinski definition) is 1. The fourth-order valence-corrected chi connectivity index (χ4v) is 3.52. The largest absolute Gasteiger partial charge is 0.455 e. The minimum atomic E-state index is -0.547. The quantitative estimate of drug-likeness (QED) is 0.440. The Balaban J connectivity index is 1.45. The van der Waals surface area contributed by atoms with Gasteiger partial charge in [-0.25, -0.2) is 4.98 Å². The van der Waals surface area contributed by atoms with E-state index in [4.69, 9.17) is 14.4 Å². The van der Waals surface area contributed by atoms with Gasteiger partial charge in [-0.1, -0.05) is 36.0 Å². The predicted molar refractivity (Wildman–Crippen MR) is 107 cm³/mol. The highest BCUT2D eigenvalue weighted by Crippen LogP contribution is 2.26. The number of para-hydroxylation sites is 3. The van der Waals surface area contributed by atoms with Gasteiger partial charge >= 0.3 is 5.97 Å². The SMILES string of the molecule is N#CCSc1ccccc1NC(=O)COC(=O)CSc1nc2ccccc2o1. The van der Waals surface area contributed by atoms with E-state index in [9.17, 15) is 9.59 Å². The van der Waals surface area contributed by atoms with Crippen LogP contribution >= 0.6 is 23.5 Å². The number of rotatable bonds is 8. The molecule has 0 aliphatic carbocycles. The lowest BCUT2D eigenvalue weighted by molar-refractivity contribution is -0.144. The first-order valence-electron chi connectivity index (χ1n) is 8.18. The fraction of sp³-hybridized carbons (Fsp3) is 0.158. The maximum absolute atomic E-state index is 12.0. The number of aromatic nitrogens is 1. The van der Waals surface area contributed by atoms with E-state index in [1.807, 2.05) is 30.3 Å². The topological polar surface area (TPSA) is 105 Å². The first-order valence-corrected chi connectivity index (χ1v) is 10.2. The zero-order valence-electron chi connectivity index (χ0n) is 14.6. The number of nitrogens with zero attached hydrogens (tertiary/aromatic N) is 2. The first kappa shape index (κ1) is 19.8. The summed E-state index contributed by atoms with van der Waals surface area (Å²) in [6.45, 7) is -0.399. The average Bonchev–Trinajstić information content (AvgIpc) is 3.13. The van der Waals surface area contributed by atoms with Crippen molar-refractivity contribution < 1.29 is 18.7 Å². The summed E-state index contributed by atoms with van der Waals surface area (Å²) in [5.74, 6) is -0.747. The summed E-state index contributed by atoms with van der Waals surface area (Å²) in [7, 11) is 0. The molecule has 0 radical (unpaired) electrons. The van der Waals surface area contributed by atoms with E-state index in [-0.39, 0.29) is 11.5 Å². The normalized spacial score (nSPS) is 10.4. The van der Waals surface area contributed by atoms with Crippen LogP contribution in [0, 0.1) is 11.3 Å². The minimum absolute atomic E-state index is 0.0191. The van der Waals surface area contributed by atoms with Gasteiger partial charge in [-0.15, -0.1) is 11.8 Å². The lowest BCUT2D eigenvalue weighted by atomic mass is 10.3. The van der Waals surface area contributed by atoms with Crippen LogP contribution in [-0.2, 0) is 14.3 Å². The number of carbonyl (C=O) groups is 2. The molecule has 0 saturated carbocycles. The molecule has 1 aromatic heterocycles. The second kappa shape index (κ2) is 9.82. The Morgan fingerprint density at radius 2 is 1.93 bits per heavy atom. The van der Waals surface area contributed by atoms with Crippen molar-refractivity contribution in [3.05, 3.63) is 48.5 Å². The number of esters is 1. The number of carbonyl (C=O) groups excluding carboxylic acids is 2. The van der Waals surface area contributed by atoms with Gasteiger partial charge < -0.3 is 14.5 Å². The van der Waals surface area contributed by atoms with Gasteiger partial charge in [0.1, 0.15) is 11.3 Å². The number of ether oxygens (including phenoxy) is 1. The molecule has 7 nitrogen and oxygen atoms in total. The molecule has 142 valence electrons. The molecule has 2 aromatic carbocycles. The molecule has 1 amide bonds. The van der Waals surface area contributed by atoms with E-state index >= 15 is 0 Å². The Morgan fingerprint density at radius 3 is 2.75 bits per heavy atom. The predicted octanol–water partition coefficient (Wildman–Crippen LogP) is 3.72. The molecule has 0 bridgehead atoms. The van der Waals surface area contributed by atoms with E-state index in [1.165, 1.54) is 11.8 Å². The highest BCUT2D eigenvalue weighted by atomic mass is 32.2. The van der Waals surface area contributed by atoms with Gasteiger partial charge in [-0.3, -0.25) is 9.59 Å². The van der Waals surface area contributed by atoms with Gasteiger partial charge in [-0.2, -0.15) is 5.26 Å². The second-order valence-corrected chi connectivity index (χ2v) is 7.33. The molecule has 0 fully saturated rings. The number of anilines is 1. The highest BCUT2D eigenvalue weighted by Gasteiger charge is 2.13. The molecular weight excluding hydrogens is 398 g/mol. The summed E-state index contributed by atoms with van der Waals surface area (Å²) in [6.07, 6.45) is 0. The van der Waals surface area contributed by atoms with Crippen molar-refractivity contribution >= 4 is 52.2 Å². The average molecular weight is 413 g/mol. The van der Waals surface area contributed by atoms with Crippen LogP contribution in [0.25, 0.3) is 11.1 Å². The number of hydrogen-bond acceptors (Lipinski definition) is 8. The summed E-state index contributed by atoms with van der Waals surface area (Å²) in [5.41, 5.74) is 1.93. The maximum Gasteiger partial charge on any atom is 0.316 e. The molecule has 0 unspecified atom stereocenters. The van der Waals surface area contributed by atoms with E-state index in [0.29, 0.717) is 22.0 Å². The third-order valence-electron chi connectivity index (χ3n) is 3.41. The van der Waals surface area contributed by atoms with Crippen LogP contribution in [0.5, 0.6) is 0 Å². The lowest BCUT2D eigenvalue weighted by Crippen LogP contribution is -2.21. The molecule has 0 atom stereocenters. The van der Waals surface area contributed by atoms with Gasteiger partial charge in [0.15, 0.2) is 12.2 Å². The molecule has 1 heterocycles. The van der Waals surface area contributed by atoms with Crippen molar-refractivity contribution in [1.82, 2.24) is 4.98 Å². The number of thioether (sulfide) groups is 2. The Kier molecular flexibility index (Phi) is 6.94. The highest BCUT2D eigenvalue weighted by molar-refractivity contribution is 7.99. The molecule has 0 saturated heterocycles. The van der Waals surface area contributed by atoms with E-state index < -0.39 is 18.5 Å². The minimum Gasteiger partial charge on any atom is -0.455 e. The van der Waals surface area contributed by atoms with Gasteiger partial charge in [-0.05, 0) is 24.3 Å². The van der Waals surface area contributed by atoms with Crippen LogP contribution in [0.3, 0.4) is 0 Å². The van der Waals surface area contributed by atoms with Crippen molar-refractivity contribution in [3.8, 4) is 6.07 Å². The smallest absolute Gasteiger partial charge is 0.316 e. The van der Waals surface area contributed by atoms with Crippen molar-refractivity contribution in [1.29, 1.82) is 5.26 Å². The monoisotopic (exact) mass is 413 g/mol. The second-order valence-electron chi connectivity index (χ2n) is 5.39. The lowest BCUT2D eigenvalue weighted by Gasteiger charge is -2.09. The van der Waals surface area contributed by atoms with Crippen molar-refractivity contribution in [2.45, 2.75) is 10.1 Å². The fourth-order valence-electron chi connectivity index (χ4n) is 2.21. The van der Waals surface area contributed by atoms with Crippen molar-refractivity contribution in [3.63, 3.8) is 0 Å². The number of fused-ring (bicyclic) bond motifs is 1. The Labute approximate surface area is 169 Å². The van der Waals surface area contributed by atoms with Crippen LogP contribution in [0.15, 0.2) is 63.1 Å². The zero-order chi connectivity index (χ0) is 19.8. The van der Waals surface area contributed by atoms with Gasteiger partial charge in [0.2, 0.25) is 0 Å². The van der Waals surface area contributed by atoms with Crippen LogP contribution < -0.4 is 5.32 Å². The summed E-state index contributed by atoms with van der Waals surface area (Å²) >= 11 is 2.42. The summed E-state index contributed by atoms with van der Waals surface area (Å²) in [4.78, 5) is 28.9. The molecular formula is C19H15N3O4S2. The Hall–Kier alpha value is -2.96. The van der Waals surface area contributed by atoms with Crippen LogP contribution in [-0.4, -0.2) is 35.0 Å². The van der Waals surface area contributed by atoms with Gasteiger partial charge in [0.25, 0.3) is 11.1 Å². The summed E-state index contributed by atoms with van der Waals surface area (Å²) in [5, 5.41) is 11.7. The molecule has 0 aliphatic heterocycles. The van der Waals surface area contributed by atoms with E-state index in [2.05, 4.69) is 10.3 Å². The van der Waals surface area contributed by atoms with E-state index in [0.717, 1.165) is 16.7 Å². The maximum atomic E-state index is 12.0. The summed E-state index contributed by atoms with van der Waals surface area (Å²) < 4.78 is 10.5. The number of nitrogens with one attached hydrogen (secondary N) is 1. The molecule has 28 heavy (non-hydrogen) atoms. The van der Waals surface area contributed by atoms with Crippen LogP contribution in [0.2, 0.25) is 0 Å². The number of oxazole rings is 1. The van der Waals surface area contributed by atoms with Crippen LogP contribution in [0.4, 0.5) is 5.69 Å². The van der Waals surface area contributed by atoms with E-state index in [1.54, 1.807) is 24.3 Å². The number of nitriles is 1. The molecule has 0 aliphatic rings. The zero-order valence-corrected chi connectivity index (χ0v) is 16.2. The molecule has 3 aromatic rings. The van der Waals surface area contributed by atoms with Crippen molar-refractivity contribution in [2.24, 2.45) is 0 Å². The molecule has 3 rings (SSSR count). The first-order chi connectivity index (χ1) is 13.7.